The van der Waals surface area contributed by atoms with E-state index in [9.17, 15) is 13.2 Å². The van der Waals surface area contributed by atoms with Gasteiger partial charge in [-0.1, -0.05) is 17.4 Å². The van der Waals surface area contributed by atoms with Crippen LogP contribution in [0.15, 0.2) is 46.3 Å². The van der Waals surface area contributed by atoms with Gasteiger partial charge in [0.2, 0.25) is 6.79 Å². The lowest BCUT2D eigenvalue weighted by Crippen LogP contribution is -2.18. The van der Waals surface area contributed by atoms with Crippen LogP contribution in [0.5, 0.6) is 11.5 Å². The van der Waals surface area contributed by atoms with Crippen LogP contribution in [-0.2, 0) is 16.4 Å². The standard InChI is InChI=1S/C21H22N2O5S3/c1-13(2)31(25,26)15-6-4-5-14(9-15)20(24)22-21-23(7-8-29-3)16-10-17-18(28-12-27-17)11-19(16)30-21/h4-6,9-11,13H,7-8,12H2,1-3H3. The number of sulfone groups is 1. The van der Waals surface area contributed by atoms with Crippen molar-refractivity contribution in [2.45, 2.75) is 30.5 Å². The SMILES string of the molecule is CSCCn1c(=NC(=O)c2cccc(S(=O)(=O)C(C)C)c2)sc2cc3c(cc21)OCO3. The van der Waals surface area contributed by atoms with Gasteiger partial charge in [-0.3, -0.25) is 4.79 Å². The molecule has 0 N–H and O–H groups in total. The van der Waals surface area contributed by atoms with Gasteiger partial charge in [0.15, 0.2) is 26.1 Å². The van der Waals surface area contributed by atoms with E-state index in [1.165, 1.54) is 23.5 Å². The Balaban J connectivity index is 1.79. The summed E-state index contributed by atoms with van der Waals surface area (Å²) >= 11 is 3.09. The van der Waals surface area contributed by atoms with Crippen LogP contribution in [0.4, 0.5) is 0 Å². The number of fused-ring (bicyclic) bond motifs is 2. The lowest BCUT2D eigenvalue weighted by molar-refractivity contribution is 0.0997. The number of ether oxygens (including phenoxy) is 2. The average Bonchev–Trinajstić information content (AvgIpc) is 3.33. The second kappa shape index (κ2) is 8.68. The largest absolute Gasteiger partial charge is 0.454 e. The van der Waals surface area contributed by atoms with Crippen LogP contribution in [0, 0.1) is 0 Å². The number of carbonyl (C=O) groups is 1. The zero-order valence-electron chi connectivity index (χ0n) is 17.3. The predicted molar refractivity (Wildman–Crippen MR) is 123 cm³/mol. The number of carbonyl (C=O) groups excluding carboxylic acids is 1. The van der Waals surface area contributed by atoms with Gasteiger partial charge in [-0.25, -0.2) is 8.42 Å². The number of benzene rings is 2. The first kappa shape index (κ1) is 21.9. The fourth-order valence-electron chi connectivity index (χ4n) is 3.17. The molecule has 0 saturated heterocycles. The number of thioether (sulfide) groups is 1. The Morgan fingerprint density at radius 1 is 1.23 bits per heavy atom. The third-order valence-electron chi connectivity index (χ3n) is 4.92. The molecule has 164 valence electrons. The molecule has 0 atom stereocenters. The molecule has 7 nitrogen and oxygen atoms in total. The van der Waals surface area contributed by atoms with Crippen molar-refractivity contribution in [3.05, 3.63) is 46.8 Å². The van der Waals surface area contributed by atoms with Gasteiger partial charge in [0.05, 0.1) is 20.4 Å². The minimum Gasteiger partial charge on any atom is -0.454 e. The van der Waals surface area contributed by atoms with Crippen LogP contribution in [0.3, 0.4) is 0 Å². The molecule has 31 heavy (non-hydrogen) atoms. The summed E-state index contributed by atoms with van der Waals surface area (Å²) in [4.78, 5) is 18.0. The number of nitrogens with zero attached hydrogens (tertiary/aromatic N) is 2. The molecular weight excluding hydrogens is 456 g/mol. The molecule has 0 unspecified atom stereocenters. The van der Waals surface area contributed by atoms with E-state index in [0.717, 1.165) is 16.0 Å². The fourth-order valence-corrected chi connectivity index (χ4v) is 5.71. The highest BCUT2D eigenvalue weighted by atomic mass is 32.2. The molecule has 0 fully saturated rings. The highest BCUT2D eigenvalue weighted by Gasteiger charge is 2.21. The maximum Gasteiger partial charge on any atom is 0.279 e. The molecule has 1 aliphatic rings. The van der Waals surface area contributed by atoms with E-state index in [1.807, 2.05) is 23.0 Å². The molecule has 4 rings (SSSR count). The molecule has 0 spiro atoms. The van der Waals surface area contributed by atoms with Gasteiger partial charge in [-0.05, 0) is 38.3 Å². The quantitative estimate of drug-likeness (QED) is 0.537. The smallest absolute Gasteiger partial charge is 0.279 e. The summed E-state index contributed by atoms with van der Waals surface area (Å²) in [6.45, 7) is 4.10. The molecular formula is C21H22N2O5S3. The molecule has 2 aromatic carbocycles. The minimum absolute atomic E-state index is 0.126. The molecule has 0 saturated carbocycles. The summed E-state index contributed by atoms with van der Waals surface area (Å²) in [6, 6.07) is 9.87. The minimum atomic E-state index is -3.48. The summed E-state index contributed by atoms with van der Waals surface area (Å²) in [5.74, 6) is 1.72. The first-order valence-corrected chi connectivity index (χ1v) is 13.4. The van der Waals surface area contributed by atoms with E-state index in [4.69, 9.17) is 9.47 Å². The van der Waals surface area contributed by atoms with E-state index in [-0.39, 0.29) is 17.3 Å². The molecule has 0 bridgehead atoms. The van der Waals surface area contributed by atoms with Crippen molar-refractivity contribution in [3.8, 4) is 11.5 Å². The number of hydrogen-bond donors (Lipinski definition) is 0. The molecule has 1 aromatic heterocycles. The van der Waals surface area contributed by atoms with Gasteiger partial charge in [-0.2, -0.15) is 16.8 Å². The number of aromatic nitrogens is 1. The maximum atomic E-state index is 12.9. The van der Waals surface area contributed by atoms with Crippen LogP contribution in [-0.4, -0.2) is 42.9 Å². The zero-order chi connectivity index (χ0) is 22.2. The lowest BCUT2D eigenvalue weighted by atomic mass is 10.2. The summed E-state index contributed by atoms with van der Waals surface area (Å²) in [5.41, 5.74) is 1.16. The van der Waals surface area contributed by atoms with Gasteiger partial charge < -0.3 is 14.0 Å². The van der Waals surface area contributed by atoms with Crippen LogP contribution >= 0.6 is 23.1 Å². The maximum absolute atomic E-state index is 12.9. The van der Waals surface area contributed by atoms with Crippen molar-refractivity contribution in [2.24, 2.45) is 4.99 Å². The van der Waals surface area contributed by atoms with E-state index < -0.39 is 21.0 Å². The normalized spacial score (nSPS) is 14.0. The van der Waals surface area contributed by atoms with Gasteiger partial charge >= 0.3 is 0 Å². The summed E-state index contributed by atoms with van der Waals surface area (Å²) in [5, 5.41) is -0.572. The Hall–Kier alpha value is -2.30. The van der Waals surface area contributed by atoms with Gasteiger partial charge in [-0.15, -0.1) is 0 Å². The van der Waals surface area contributed by atoms with Crippen LogP contribution < -0.4 is 14.3 Å². The summed E-state index contributed by atoms with van der Waals surface area (Å²) < 4.78 is 38.9. The van der Waals surface area contributed by atoms with Crippen LogP contribution in [0.1, 0.15) is 24.2 Å². The number of aryl methyl sites for hydroxylation is 1. The third kappa shape index (κ3) is 4.24. The lowest BCUT2D eigenvalue weighted by Gasteiger charge is -2.08. The molecule has 0 radical (unpaired) electrons. The first-order chi connectivity index (χ1) is 14.8. The second-order valence-electron chi connectivity index (χ2n) is 7.24. The van der Waals surface area contributed by atoms with E-state index in [2.05, 4.69) is 4.99 Å². The highest BCUT2D eigenvalue weighted by molar-refractivity contribution is 7.98. The van der Waals surface area contributed by atoms with Gasteiger partial charge in [0, 0.05) is 30.0 Å². The van der Waals surface area contributed by atoms with Gasteiger partial charge in [0.25, 0.3) is 5.91 Å². The Labute approximate surface area is 188 Å². The van der Waals surface area contributed by atoms with Crippen molar-refractivity contribution >= 4 is 49.1 Å². The summed E-state index contributed by atoms with van der Waals surface area (Å²) in [7, 11) is -3.48. The Kier molecular flexibility index (Phi) is 6.14. The molecule has 10 heteroatoms. The van der Waals surface area contributed by atoms with Crippen molar-refractivity contribution < 1.29 is 22.7 Å². The molecule has 2 heterocycles. The monoisotopic (exact) mass is 478 g/mol. The Morgan fingerprint density at radius 2 is 1.97 bits per heavy atom. The topological polar surface area (TPSA) is 87.0 Å². The van der Waals surface area contributed by atoms with Crippen molar-refractivity contribution in [1.82, 2.24) is 4.57 Å². The Morgan fingerprint density at radius 3 is 2.68 bits per heavy atom. The van der Waals surface area contributed by atoms with Crippen molar-refractivity contribution in [3.63, 3.8) is 0 Å². The zero-order valence-corrected chi connectivity index (χ0v) is 19.8. The average molecular weight is 479 g/mol. The molecule has 3 aromatic rings. The predicted octanol–water partition coefficient (Wildman–Crippen LogP) is 3.72. The van der Waals surface area contributed by atoms with Crippen LogP contribution in [0.2, 0.25) is 0 Å². The van der Waals surface area contributed by atoms with E-state index >= 15 is 0 Å². The second-order valence-corrected chi connectivity index (χ2v) is 11.7. The third-order valence-corrected chi connectivity index (χ3v) is 8.71. The molecule has 0 aliphatic carbocycles. The van der Waals surface area contributed by atoms with E-state index in [1.54, 1.807) is 37.7 Å². The molecule has 1 aliphatic heterocycles. The van der Waals surface area contributed by atoms with Crippen molar-refractivity contribution in [1.29, 1.82) is 0 Å². The number of thiazole rings is 1. The Bertz CT molecular complexity index is 1320. The number of rotatable bonds is 6. The van der Waals surface area contributed by atoms with Crippen LogP contribution in [0.25, 0.3) is 10.2 Å². The highest BCUT2D eigenvalue weighted by Crippen LogP contribution is 2.37. The number of hydrogen-bond acceptors (Lipinski definition) is 7. The molecule has 1 amide bonds. The number of amides is 1. The fraction of sp³-hybridized carbons (Fsp3) is 0.333. The summed E-state index contributed by atoms with van der Waals surface area (Å²) in [6.07, 6.45) is 2.02. The van der Waals surface area contributed by atoms with Gasteiger partial charge in [0.1, 0.15) is 0 Å². The van der Waals surface area contributed by atoms with E-state index in [0.29, 0.717) is 22.8 Å². The first-order valence-electron chi connectivity index (χ1n) is 9.66. The van der Waals surface area contributed by atoms with Crippen molar-refractivity contribution in [2.75, 3.05) is 18.8 Å².